The van der Waals surface area contributed by atoms with Gasteiger partial charge in [-0.25, -0.2) is 0 Å². The first-order chi connectivity index (χ1) is 10.4. The van der Waals surface area contributed by atoms with Crippen molar-refractivity contribution in [3.63, 3.8) is 0 Å². The Morgan fingerprint density at radius 3 is 2.09 bits per heavy atom. The lowest BCUT2D eigenvalue weighted by atomic mass is 9.87. The molecule has 1 aliphatic rings. The molecular weight excluding hydrogens is 268 g/mol. The maximum Gasteiger partial charge on any atom is 0.0231 e. The Morgan fingerprint density at radius 2 is 1.55 bits per heavy atom. The average Bonchev–Trinajstić information content (AvgIpc) is 2.73. The van der Waals surface area contributed by atoms with Crippen molar-refractivity contribution in [2.75, 3.05) is 33.2 Å². The number of likely N-dealkylation sites (tertiary alicyclic amines) is 1. The minimum atomic E-state index is 0.247. The van der Waals surface area contributed by atoms with Crippen molar-refractivity contribution >= 4 is 0 Å². The number of benzene rings is 1. The number of nitrogens with zero attached hydrogens (tertiary/aromatic N) is 2. The highest BCUT2D eigenvalue weighted by atomic mass is 15.2. The Kier molecular flexibility index (Phi) is 6.46. The Morgan fingerprint density at radius 1 is 0.955 bits per heavy atom. The molecule has 2 nitrogen and oxygen atoms in total. The van der Waals surface area contributed by atoms with Gasteiger partial charge in [0.25, 0.3) is 0 Å². The van der Waals surface area contributed by atoms with Gasteiger partial charge < -0.3 is 9.80 Å². The van der Waals surface area contributed by atoms with Crippen LogP contribution in [0.1, 0.15) is 57.6 Å². The largest absolute Gasteiger partial charge is 0.302 e. The molecule has 1 aliphatic heterocycles. The quantitative estimate of drug-likeness (QED) is 0.800. The van der Waals surface area contributed by atoms with Crippen molar-refractivity contribution < 1.29 is 0 Å². The van der Waals surface area contributed by atoms with E-state index in [1.165, 1.54) is 63.0 Å². The Balaban J connectivity index is 1.77. The maximum atomic E-state index is 2.65. The van der Waals surface area contributed by atoms with Crippen LogP contribution in [-0.4, -0.2) is 43.0 Å². The predicted octanol–water partition coefficient (Wildman–Crippen LogP) is 4.29. The summed E-state index contributed by atoms with van der Waals surface area (Å²) in [6.07, 6.45) is 5.62. The SMILES string of the molecule is CN(CCN1CCCCCC1)Cc1ccc(C(C)(C)C)cc1. The van der Waals surface area contributed by atoms with Crippen LogP contribution in [0.5, 0.6) is 0 Å². The van der Waals surface area contributed by atoms with Crippen molar-refractivity contribution in [3.8, 4) is 0 Å². The normalized spacial score (nSPS) is 17.7. The standard InChI is InChI=1S/C20H34N2/c1-20(2,3)19-11-9-18(10-12-19)17-21(4)15-16-22-13-7-5-6-8-14-22/h9-12H,5-8,13-17H2,1-4H3. The summed E-state index contributed by atoms with van der Waals surface area (Å²) in [5, 5.41) is 0. The van der Waals surface area contributed by atoms with Gasteiger partial charge in [0.15, 0.2) is 0 Å². The van der Waals surface area contributed by atoms with Gasteiger partial charge in [-0.3, -0.25) is 0 Å². The van der Waals surface area contributed by atoms with Gasteiger partial charge in [-0.2, -0.15) is 0 Å². The van der Waals surface area contributed by atoms with Crippen LogP contribution in [0.15, 0.2) is 24.3 Å². The van der Waals surface area contributed by atoms with Crippen molar-refractivity contribution in [2.45, 2.75) is 58.4 Å². The molecule has 124 valence electrons. The first-order valence-electron chi connectivity index (χ1n) is 8.95. The van der Waals surface area contributed by atoms with E-state index >= 15 is 0 Å². The zero-order valence-electron chi connectivity index (χ0n) is 15.1. The molecule has 1 heterocycles. The molecule has 0 unspecified atom stereocenters. The summed E-state index contributed by atoms with van der Waals surface area (Å²) >= 11 is 0. The zero-order chi connectivity index (χ0) is 16.0. The third kappa shape index (κ3) is 5.73. The van der Waals surface area contributed by atoms with E-state index in [0.29, 0.717) is 0 Å². The molecule has 0 amide bonds. The summed E-state index contributed by atoms with van der Waals surface area (Å²) in [5.74, 6) is 0. The summed E-state index contributed by atoms with van der Waals surface area (Å²) < 4.78 is 0. The van der Waals surface area contributed by atoms with Crippen LogP contribution in [-0.2, 0) is 12.0 Å². The molecule has 0 aromatic heterocycles. The molecule has 1 aromatic rings. The summed E-state index contributed by atoms with van der Waals surface area (Å²) in [6.45, 7) is 12.9. The first kappa shape index (κ1) is 17.5. The maximum absolute atomic E-state index is 2.65. The van der Waals surface area contributed by atoms with E-state index in [2.05, 4.69) is 61.9 Å². The molecule has 1 aromatic carbocycles. The molecule has 2 heteroatoms. The van der Waals surface area contributed by atoms with Crippen molar-refractivity contribution in [3.05, 3.63) is 35.4 Å². The summed E-state index contributed by atoms with van der Waals surface area (Å²) in [7, 11) is 2.25. The number of likely N-dealkylation sites (N-methyl/N-ethyl adjacent to an activating group) is 1. The lowest BCUT2D eigenvalue weighted by Gasteiger charge is -2.24. The van der Waals surface area contributed by atoms with Gasteiger partial charge in [-0.1, -0.05) is 57.9 Å². The summed E-state index contributed by atoms with van der Waals surface area (Å²) in [4.78, 5) is 5.10. The molecule has 0 N–H and O–H groups in total. The third-order valence-corrected chi connectivity index (χ3v) is 4.77. The molecule has 2 rings (SSSR count). The van der Waals surface area contributed by atoms with Crippen LogP contribution < -0.4 is 0 Å². The molecule has 1 saturated heterocycles. The fraction of sp³-hybridized carbons (Fsp3) is 0.700. The van der Waals surface area contributed by atoms with Crippen molar-refractivity contribution in [2.24, 2.45) is 0 Å². The van der Waals surface area contributed by atoms with Crippen molar-refractivity contribution in [1.82, 2.24) is 9.80 Å². The minimum absolute atomic E-state index is 0.247. The van der Waals surface area contributed by atoms with E-state index in [0.717, 1.165) is 6.54 Å². The first-order valence-corrected chi connectivity index (χ1v) is 8.95. The van der Waals surface area contributed by atoms with Crippen LogP contribution in [0.4, 0.5) is 0 Å². The van der Waals surface area contributed by atoms with Crippen LogP contribution in [0.25, 0.3) is 0 Å². The van der Waals surface area contributed by atoms with Gasteiger partial charge in [0.05, 0.1) is 0 Å². The zero-order valence-corrected chi connectivity index (χ0v) is 15.1. The smallest absolute Gasteiger partial charge is 0.0231 e. The van der Waals surface area contributed by atoms with E-state index in [1.807, 2.05) is 0 Å². The molecular formula is C20H34N2. The Hall–Kier alpha value is -0.860. The van der Waals surface area contributed by atoms with Gasteiger partial charge in [0, 0.05) is 19.6 Å². The second kappa shape index (κ2) is 8.12. The number of rotatable bonds is 5. The fourth-order valence-electron chi connectivity index (χ4n) is 3.17. The van der Waals surface area contributed by atoms with E-state index in [-0.39, 0.29) is 5.41 Å². The Bertz CT molecular complexity index is 422. The molecule has 0 radical (unpaired) electrons. The van der Waals surface area contributed by atoms with Crippen LogP contribution in [0.2, 0.25) is 0 Å². The molecule has 0 atom stereocenters. The van der Waals surface area contributed by atoms with Gasteiger partial charge in [0.1, 0.15) is 0 Å². The minimum Gasteiger partial charge on any atom is -0.302 e. The predicted molar refractivity (Wildman–Crippen MR) is 96.4 cm³/mol. The average molecular weight is 303 g/mol. The van der Waals surface area contributed by atoms with Gasteiger partial charge in [-0.05, 0) is 49.5 Å². The Labute approximate surface area is 137 Å². The number of hydrogen-bond donors (Lipinski definition) is 0. The lowest BCUT2D eigenvalue weighted by molar-refractivity contribution is 0.227. The molecule has 22 heavy (non-hydrogen) atoms. The van der Waals surface area contributed by atoms with E-state index < -0.39 is 0 Å². The van der Waals surface area contributed by atoms with Crippen LogP contribution in [0, 0.1) is 0 Å². The van der Waals surface area contributed by atoms with Crippen LogP contribution in [0.3, 0.4) is 0 Å². The van der Waals surface area contributed by atoms with E-state index in [4.69, 9.17) is 0 Å². The van der Waals surface area contributed by atoms with E-state index in [9.17, 15) is 0 Å². The van der Waals surface area contributed by atoms with Gasteiger partial charge in [-0.15, -0.1) is 0 Å². The van der Waals surface area contributed by atoms with Gasteiger partial charge >= 0.3 is 0 Å². The highest BCUT2D eigenvalue weighted by Crippen LogP contribution is 2.22. The summed E-state index contributed by atoms with van der Waals surface area (Å²) in [6, 6.07) is 9.17. The molecule has 1 fully saturated rings. The van der Waals surface area contributed by atoms with Crippen LogP contribution >= 0.6 is 0 Å². The molecule has 0 spiro atoms. The third-order valence-electron chi connectivity index (χ3n) is 4.77. The second-order valence-corrected chi connectivity index (χ2v) is 7.94. The highest BCUT2D eigenvalue weighted by Gasteiger charge is 2.13. The molecule has 0 saturated carbocycles. The number of hydrogen-bond acceptors (Lipinski definition) is 2. The molecule has 0 bridgehead atoms. The monoisotopic (exact) mass is 302 g/mol. The second-order valence-electron chi connectivity index (χ2n) is 7.94. The fourth-order valence-corrected chi connectivity index (χ4v) is 3.17. The van der Waals surface area contributed by atoms with E-state index in [1.54, 1.807) is 0 Å². The lowest BCUT2D eigenvalue weighted by Crippen LogP contribution is -2.33. The topological polar surface area (TPSA) is 6.48 Å². The highest BCUT2D eigenvalue weighted by molar-refractivity contribution is 5.27. The molecule has 0 aliphatic carbocycles. The van der Waals surface area contributed by atoms with Crippen molar-refractivity contribution in [1.29, 1.82) is 0 Å². The summed E-state index contributed by atoms with van der Waals surface area (Å²) in [5.41, 5.74) is 3.09. The van der Waals surface area contributed by atoms with Gasteiger partial charge in [0.2, 0.25) is 0 Å².